The number of rotatable bonds is 2. The van der Waals surface area contributed by atoms with Crippen LogP contribution < -0.4 is 9.80 Å². The van der Waals surface area contributed by atoms with E-state index in [-0.39, 0.29) is 17.9 Å². The lowest BCUT2D eigenvalue weighted by atomic mass is 9.87. The summed E-state index contributed by atoms with van der Waals surface area (Å²) in [7, 11) is 0. The Kier molecular flexibility index (Phi) is 2.73. The number of fused-ring (bicyclic) bond motifs is 2. The van der Waals surface area contributed by atoms with Gasteiger partial charge in [0.15, 0.2) is 11.6 Å². The molecule has 3 aliphatic rings. The van der Waals surface area contributed by atoms with E-state index in [1.807, 2.05) is 13.0 Å². The topological polar surface area (TPSA) is 58.0 Å². The maximum Gasteiger partial charge on any atom is 0.225 e. The van der Waals surface area contributed by atoms with Crippen molar-refractivity contribution in [1.82, 2.24) is 19.9 Å². The highest BCUT2D eigenvalue weighted by Crippen LogP contribution is 2.37. The van der Waals surface area contributed by atoms with Crippen LogP contribution in [0.4, 0.5) is 16.2 Å². The van der Waals surface area contributed by atoms with Gasteiger partial charge in [-0.2, -0.15) is 0 Å². The number of piperazine rings is 1. The summed E-state index contributed by atoms with van der Waals surface area (Å²) < 4.78 is 13.8. The molecule has 21 heavy (non-hydrogen) atoms. The van der Waals surface area contributed by atoms with Crippen molar-refractivity contribution in [2.75, 3.05) is 22.9 Å². The van der Waals surface area contributed by atoms with Crippen molar-refractivity contribution in [3.8, 4) is 0 Å². The zero-order chi connectivity index (χ0) is 14.4. The summed E-state index contributed by atoms with van der Waals surface area (Å²) >= 11 is 0. The summed E-state index contributed by atoms with van der Waals surface area (Å²) in [6, 6.07) is 2.41. The van der Waals surface area contributed by atoms with Crippen LogP contribution in [-0.4, -0.2) is 45.1 Å². The Morgan fingerprint density at radius 1 is 1.24 bits per heavy atom. The first-order valence-electron chi connectivity index (χ1n) is 7.01. The van der Waals surface area contributed by atoms with Gasteiger partial charge in [0.25, 0.3) is 0 Å². The van der Waals surface area contributed by atoms with E-state index in [2.05, 4.69) is 29.7 Å². The summed E-state index contributed by atoms with van der Waals surface area (Å²) in [5.74, 6) is 0.816. The molecule has 3 saturated heterocycles. The van der Waals surface area contributed by atoms with Crippen molar-refractivity contribution in [2.24, 2.45) is 0 Å². The molecule has 0 aromatic carbocycles. The van der Waals surface area contributed by atoms with E-state index >= 15 is 0 Å². The van der Waals surface area contributed by atoms with Gasteiger partial charge < -0.3 is 9.80 Å². The molecule has 0 amide bonds. The van der Waals surface area contributed by atoms with E-state index in [9.17, 15) is 4.39 Å². The number of halogens is 1. The van der Waals surface area contributed by atoms with Crippen molar-refractivity contribution in [2.45, 2.75) is 25.4 Å². The van der Waals surface area contributed by atoms with Gasteiger partial charge in [-0.05, 0) is 19.4 Å². The van der Waals surface area contributed by atoms with Gasteiger partial charge in [0.05, 0.1) is 18.3 Å². The minimum Gasteiger partial charge on any atom is -0.344 e. The lowest BCUT2D eigenvalue weighted by Crippen LogP contribution is -2.69. The molecule has 0 spiro atoms. The summed E-state index contributed by atoms with van der Waals surface area (Å²) in [6.07, 6.45) is 5.46. The van der Waals surface area contributed by atoms with E-state index < -0.39 is 0 Å². The third-order valence-electron chi connectivity index (χ3n) is 4.15. The predicted molar refractivity (Wildman–Crippen MR) is 75.6 cm³/mol. The molecule has 3 aliphatic heterocycles. The molecule has 2 unspecified atom stereocenters. The van der Waals surface area contributed by atoms with E-state index in [1.54, 1.807) is 6.20 Å². The molecule has 2 aromatic heterocycles. The van der Waals surface area contributed by atoms with Crippen LogP contribution in [0.5, 0.6) is 0 Å². The molecule has 6 nitrogen and oxygen atoms in total. The fourth-order valence-electron chi connectivity index (χ4n) is 3.20. The van der Waals surface area contributed by atoms with Crippen LogP contribution in [0.2, 0.25) is 0 Å². The van der Waals surface area contributed by atoms with E-state index in [4.69, 9.17) is 0 Å². The highest BCUT2D eigenvalue weighted by molar-refractivity contribution is 5.50. The lowest BCUT2D eigenvalue weighted by Gasteiger charge is -2.56. The van der Waals surface area contributed by atoms with Crippen molar-refractivity contribution in [3.05, 3.63) is 36.3 Å². The van der Waals surface area contributed by atoms with Crippen LogP contribution in [0.15, 0.2) is 24.8 Å². The lowest BCUT2D eigenvalue weighted by molar-refractivity contribution is 0.283. The molecule has 5 heterocycles. The van der Waals surface area contributed by atoms with Gasteiger partial charge in [0.2, 0.25) is 5.95 Å². The summed E-state index contributed by atoms with van der Waals surface area (Å²) in [5, 5.41) is 0. The van der Waals surface area contributed by atoms with Gasteiger partial charge in [-0.15, -0.1) is 0 Å². The second-order valence-corrected chi connectivity index (χ2v) is 5.55. The average Bonchev–Trinajstić information content (AvgIpc) is 2.49. The first-order valence-corrected chi connectivity index (χ1v) is 7.01. The van der Waals surface area contributed by atoms with Gasteiger partial charge in [0, 0.05) is 25.0 Å². The Labute approximate surface area is 121 Å². The Hall–Kier alpha value is -2.31. The minimum absolute atomic E-state index is 0.261. The molecular formula is C14H15FN6. The normalized spacial score (nSPS) is 23.9. The van der Waals surface area contributed by atoms with Gasteiger partial charge >= 0.3 is 0 Å². The Bertz CT molecular complexity index is 666. The number of hydrogen-bond acceptors (Lipinski definition) is 6. The fourth-order valence-corrected chi connectivity index (χ4v) is 3.20. The molecule has 2 aromatic rings. The molecule has 108 valence electrons. The van der Waals surface area contributed by atoms with Gasteiger partial charge in [-0.25, -0.2) is 24.3 Å². The first-order chi connectivity index (χ1) is 10.2. The van der Waals surface area contributed by atoms with Crippen molar-refractivity contribution < 1.29 is 4.39 Å². The van der Waals surface area contributed by atoms with Crippen molar-refractivity contribution >= 4 is 11.8 Å². The molecule has 2 atom stereocenters. The van der Waals surface area contributed by atoms with Gasteiger partial charge in [-0.3, -0.25) is 0 Å². The molecule has 2 bridgehead atoms. The highest BCUT2D eigenvalue weighted by atomic mass is 19.1. The largest absolute Gasteiger partial charge is 0.344 e. The maximum absolute atomic E-state index is 13.8. The molecular weight excluding hydrogens is 271 g/mol. The monoisotopic (exact) mass is 286 g/mol. The van der Waals surface area contributed by atoms with Crippen LogP contribution in [0, 0.1) is 12.7 Å². The first kappa shape index (κ1) is 12.4. The molecule has 0 N–H and O–H groups in total. The predicted octanol–water partition coefficient (Wildman–Crippen LogP) is 1.18. The SMILES string of the molecule is Cc1ccnc(N2CC3CC(C2)N3c2ncncc2F)n1. The van der Waals surface area contributed by atoms with Crippen LogP contribution in [0.3, 0.4) is 0 Å². The fraction of sp³-hybridized carbons (Fsp3) is 0.429. The standard InChI is InChI=1S/C14H15FN6/c1-9-2-3-17-14(19-9)20-6-10-4-11(7-20)21(10)13-12(15)5-16-8-18-13/h2-3,5,8,10-11H,4,6-7H2,1H3. The average molecular weight is 286 g/mol. The highest BCUT2D eigenvalue weighted by Gasteiger charge is 2.46. The molecule has 7 heteroatoms. The third kappa shape index (κ3) is 2.00. The van der Waals surface area contributed by atoms with Crippen LogP contribution in [0.1, 0.15) is 12.1 Å². The van der Waals surface area contributed by atoms with Gasteiger partial charge in [0.1, 0.15) is 6.33 Å². The van der Waals surface area contributed by atoms with Crippen molar-refractivity contribution in [1.29, 1.82) is 0 Å². The quantitative estimate of drug-likeness (QED) is 0.826. The Morgan fingerprint density at radius 2 is 2.05 bits per heavy atom. The molecule has 5 rings (SSSR count). The summed E-state index contributed by atoms with van der Waals surface area (Å²) in [6.45, 7) is 3.55. The molecule has 3 fully saturated rings. The second-order valence-electron chi connectivity index (χ2n) is 5.55. The molecule has 0 aliphatic carbocycles. The third-order valence-corrected chi connectivity index (χ3v) is 4.15. The maximum atomic E-state index is 13.8. The Morgan fingerprint density at radius 3 is 2.76 bits per heavy atom. The van der Waals surface area contributed by atoms with E-state index in [1.165, 1.54) is 12.5 Å². The van der Waals surface area contributed by atoms with E-state index in [0.717, 1.165) is 31.2 Å². The molecule has 0 radical (unpaired) electrons. The zero-order valence-electron chi connectivity index (χ0n) is 11.6. The summed E-state index contributed by atoms with van der Waals surface area (Å²) in [5.41, 5.74) is 0.956. The van der Waals surface area contributed by atoms with Crippen LogP contribution in [0.25, 0.3) is 0 Å². The second kappa shape index (κ2) is 4.61. The number of aromatic nitrogens is 4. The van der Waals surface area contributed by atoms with Crippen molar-refractivity contribution in [3.63, 3.8) is 0 Å². The Balaban J connectivity index is 1.55. The van der Waals surface area contributed by atoms with Gasteiger partial charge in [-0.1, -0.05) is 0 Å². The zero-order valence-corrected chi connectivity index (χ0v) is 11.6. The van der Waals surface area contributed by atoms with Crippen LogP contribution >= 0.6 is 0 Å². The van der Waals surface area contributed by atoms with Crippen LogP contribution in [-0.2, 0) is 0 Å². The smallest absolute Gasteiger partial charge is 0.225 e. The number of piperidine rings is 1. The number of nitrogens with zero attached hydrogens (tertiary/aromatic N) is 6. The summed E-state index contributed by atoms with van der Waals surface area (Å²) in [4.78, 5) is 20.8. The number of anilines is 2. The molecule has 0 saturated carbocycles. The number of aryl methyl sites for hydroxylation is 1. The number of hydrogen-bond donors (Lipinski definition) is 0. The van der Waals surface area contributed by atoms with E-state index in [0.29, 0.717) is 5.82 Å². The minimum atomic E-state index is -0.354.